The van der Waals surface area contributed by atoms with Crippen LogP contribution in [0.1, 0.15) is 9.67 Å². The Labute approximate surface area is 103 Å². The van der Waals surface area contributed by atoms with E-state index in [9.17, 15) is 9.18 Å². The first-order chi connectivity index (χ1) is 7.58. The number of aromatic nitrogens is 1. The lowest BCUT2D eigenvalue weighted by atomic mass is 10.2. The maximum atomic E-state index is 12.7. The lowest BCUT2D eigenvalue weighted by molar-refractivity contribution is 0.0701. The van der Waals surface area contributed by atoms with Crippen molar-refractivity contribution in [2.24, 2.45) is 0 Å². The van der Waals surface area contributed by atoms with Gasteiger partial charge in [-0.2, -0.15) is 0 Å². The molecule has 2 aromatic rings. The molecule has 0 bridgehead atoms. The number of carboxylic acids is 1. The van der Waals surface area contributed by atoms with Gasteiger partial charge in [-0.3, -0.25) is 0 Å². The van der Waals surface area contributed by atoms with Gasteiger partial charge in [0.15, 0.2) is 0 Å². The van der Waals surface area contributed by atoms with Crippen molar-refractivity contribution in [1.82, 2.24) is 4.98 Å². The number of hydrogen-bond donors (Lipinski definition) is 1. The van der Waals surface area contributed by atoms with E-state index >= 15 is 0 Å². The first-order valence-corrected chi connectivity index (χ1v) is 5.84. The Morgan fingerprint density at radius 2 is 2.00 bits per heavy atom. The second-order valence-corrected chi connectivity index (χ2v) is 4.70. The minimum Gasteiger partial charge on any atom is -0.477 e. The molecule has 1 aromatic carbocycles. The van der Waals surface area contributed by atoms with Crippen LogP contribution in [0.3, 0.4) is 0 Å². The van der Waals surface area contributed by atoms with E-state index in [0.717, 1.165) is 11.3 Å². The molecule has 82 valence electrons. The summed E-state index contributed by atoms with van der Waals surface area (Å²) in [7, 11) is 0. The second-order valence-electron chi connectivity index (χ2n) is 2.95. The fraction of sp³-hybridized carbons (Fsp3) is 0. The van der Waals surface area contributed by atoms with Gasteiger partial charge in [0.25, 0.3) is 0 Å². The van der Waals surface area contributed by atoms with Gasteiger partial charge in [-0.25, -0.2) is 14.2 Å². The summed E-state index contributed by atoms with van der Waals surface area (Å²) in [5.41, 5.74) is 0.694. The Morgan fingerprint density at radius 1 is 1.38 bits per heavy atom. The Balaban J connectivity index is 2.45. The zero-order chi connectivity index (χ0) is 11.7. The van der Waals surface area contributed by atoms with Crippen LogP contribution in [0.5, 0.6) is 0 Å². The van der Waals surface area contributed by atoms with Crippen LogP contribution in [0, 0.1) is 5.82 Å². The van der Waals surface area contributed by atoms with Crippen molar-refractivity contribution >= 4 is 33.2 Å². The molecule has 16 heavy (non-hydrogen) atoms. The van der Waals surface area contributed by atoms with Gasteiger partial charge in [0.1, 0.15) is 20.3 Å². The summed E-state index contributed by atoms with van der Waals surface area (Å²) in [5, 5.41) is 9.40. The Bertz CT molecular complexity index is 538. The Hall–Kier alpha value is -1.27. The first-order valence-electron chi connectivity index (χ1n) is 4.23. The standard InChI is InChI=1S/C10H5BrFNO2S/c11-8-7(10(14)15)16-9(13-8)5-1-3-6(12)4-2-5/h1-4H,(H,14,15). The number of halogens is 2. The monoisotopic (exact) mass is 301 g/mol. The molecule has 3 nitrogen and oxygen atoms in total. The minimum absolute atomic E-state index is 0.138. The molecule has 0 saturated carbocycles. The van der Waals surface area contributed by atoms with Crippen molar-refractivity contribution in [3.8, 4) is 10.6 Å². The minimum atomic E-state index is -1.03. The van der Waals surface area contributed by atoms with Crippen LogP contribution in [0.2, 0.25) is 0 Å². The maximum absolute atomic E-state index is 12.7. The average molecular weight is 302 g/mol. The summed E-state index contributed by atoms with van der Waals surface area (Å²) >= 11 is 4.12. The highest BCUT2D eigenvalue weighted by atomic mass is 79.9. The van der Waals surface area contributed by atoms with Crippen LogP contribution in [-0.4, -0.2) is 16.1 Å². The molecule has 1 heterocycles. The highest BCUT2D eigenvalue weighted by Crippen LogP contribution is 2.30. The third-order valence-electron chi connectivity index (χ3n) is 1.87. The highest BCUT2D eigenvalue weighted by molar-refractivity contribution is 9.10. The topological polar surface area (TPSA) is 50.2 Å². The van der Waals surface area contributed by atoms with Gasteiger partial charge in [-0.05, 0) is 40.2 Å². The van der Waals surface area contributed by atoms with Crippen molar-refractivity contribution in [2.45, 2.75) is 0 Å². The van der Waals surface area contributed by atoms with E-state index in [1.54, 1.807) is 12.1 Å². The van der Waals surface area contributed by atoms with Gasteiger partial charge < -0.3 is 5.11 Å². The number of benzene rings is 1. The summed E-state index contributed by atoms with van der Waals surface area (Å²) < 4.78 is 13.0. The molecule has 0 aliphatic rings. The number of hydrogen-bond acceptors (Lipinski definition) is 3. The van der Waals surface area contributed by atoms with Crippen molar-refractivity contribution in [1.29, 1.82) is 0 Å². The molecule has 0 aliphatic heterocycles. The summed E-state index contributed by atoms with van der Waals surface area (Å²) in [6.45, 7) is 0. The fourth-order valence-corrected chi connectivity index (χ4v) is 2.66. The third-order valence-corrected chi connectivity index (χ3v) is 3.80. The maximum Gasteiger partial charge on any atom is 0.348 e. The normalized spacial score (nSPS) is 10.4. The van der Waals surface area contributed by atoms with Crippen LogP contribution < -0.4 is 0 Å². The largest absolute Gasteiger partial charge is 0.477 e. The molecule has 1 aromatic heterocycles. The first kappa shape index (κ1) is 11.2. The van der Waals surface area contributed by atoms with E-state index in [0.29, 0.717) is 15.2 Å². The number of carbonyl (C=O) groups is 1. The third kappa shape index (κ3) is 2.12. The summed E-state index contributed by atoms with van der Waals surface area (Å²) in [6.07, 6.45) is 0. The molecule has 0 radical (unpaired) electrons. The molecular formula is C10H5BrFNO2S. The average Bonchev–Trinajstić information content (AvgIpc) is 2.61. The van der Waals surface area contributed by atoms with E-state index in [1.165, 1.54) is 12.1 Å². The molecule has 0 aliphatic carbocycles. The predicted octanol–water partition coefficient (Wildman–Crippen LogP) is 3.41. The van der Waals surface area contributed by atoms with E-state index in [2.05, 4.69) is 20.9 Å². The summed E-state index contributed by atoms with van der Waals surface area (Å²) in [4.78, 5) is 15.0. The lowest BCUT2D eigenvalue weighted by Crippen LogP contribution is -1.91. The van der Waals surface area contributed by atoms with Crippen LogP contribution in [0.15, 0.2) is 28.9 Å². The van der Waals surface area contributed by atoms with E-state index in [4.69, 9.17) is 5.11 Å². The SMILES string of the molecule is O=C(O)c1sc(-c2ccc(F)cc2)nc1Br. The summed E-state index contributed by atoms with van der Waals surface area (Å²) in [5.74, 6) is -1.37. The summed E-state index contributed by atoms with van der Waals surface area (Å²) in [6, 6.07) is 5.74. The molecule has 0 saturated heterocycles. The molecule has 2 rings (SSSR count). The molecule has 0 fully saturated rings. The van der Waals surface area contributed by atoms with Crippen molar-refractivity contribution in [2.75, 3.05) is 0 Å². The van der Waals surface area contributed by atoms with E-state index in [1.807, 2.05) is 0 Å². The van der Waals surface area contributed by atoms with Crippen molar-refractivity contribution in [3.05, 3.63) is 39.6 Å². The predicted molar refractivity (Wildman–Crippen MR) is 62.2 cm³/mol. The van der Waals surface area contributed by atoms with Gasteiger partial charge in [-0.15, -0.1) is 11.3 Å². The number of carboxylic acid groups (broad SMARTS) is 1. The van der Waals surface area contributed by atoms with Gasteiger partial charge >= 0.3 is 5.97 Å². The van der Waals surface area contributed by atoms with Crippen molar-refractivity contribution in [3.63, 3.8) is 0 Å². The van der Waals surface area contributed by atoms with Gasteiger partial charge in [0, 0.05) is 5.56 Å². The van der Waals surface area contributed by atoms with E-state index in [-0.39, 0.29) is 10.7 Å². The lowest BCUT2D eigenvalue weighted by Gasteiger charge is -1.94. The van der Waals surface area contributed by atoms with Gasteiger partial charge in [-0.1, -0.05) is 0 Å². The molecule has 0 amide bonds. The smallest absolute Gasteiger partial charge is 0.348 e. The number of nitrogens with zero attached hydrogens (tertiary/aromatic N) is 1. The van der Waals surface area contributed by atoms with Crippen molar-refractivity contribution < 1.29 is 14.3 Å². The van der Waals surface area contributed by atoms with E-state index < -0.39 is 5.97 Å². The molecule has 0 atom stereocenters. The molecular weight excluding hydrogens is 297 g/mol. The number of rotatable bonds is 2. The zero-order valence-corrected chi connectivity index (χ0v) is 10.2. The van der Waals surface area contributed by atoms with Gasteiger partial charge in [0.2, 0.25) is 0 Å². The highest BCUT2D eigenvalue weighted by Gasteiger charge is 2.15. The molecule has 0 spiro atoms. The Morgan fingerprint density at radius 3 is 2.50 bits per heavy atom. The molecule has 6 heteroatoms. The zero-order valence-electron chi connectivity index (χ0n) is 7.78. The number of thiazole rings is 1. The number of aromatic carboxylic acids is 1. The van der Waals surface area contributed by atoms with Crippen LogP contribution in [0.25, 0.3) is 10.6 Å². The molecule has 1 N–H and O–H groups in total. The second kappa shape index (κ2) is 4.31. The Kier molecular flexibility index (Phi) is 3.02. The van der Waals surface area contributed by atoms with Crippen LogP contribution >= 0.6 is 27.3 Å². The van der Waals surface area contributed by atoms with Gasteiger partial charge in [0.05, 0.1) is 0 Å². The van der Waals surface area contributed by atoms with Crippen LogP contribution in [0.4, 0.5) is 4.39 Å². The molecule has 0 unspecified atom stereocenters. The fourth-order valence-electron chi connectivity index (χ4n) is 1.15. The quantitative estimate of drug-likeness (QED) is 0.925. The van der Waals surface area contributed by atoms with Crippen LogP contribution in [-0.2, 0) is 0 Å².